The molecule has 2 N–H and O–H groups in total. The Morgan fingerprint density at radius 2 is 1.85 bits per heavy atom. The van der Waals surface area contributed by atoms with Gasteiger partial charge in [-0.1, -0.05) is 45.8 Å². The average Bonchev–Trinajstić information content (AvgIpc) is 2.49. The van der Waals surface area contributed by atoms with Crippen LogP contribution in [0.25, 0.3) is 0 Å². The van der Waals surface area contributed by atoms with Crippen LogP contribution in [0.4, 0.5) is 0 Å². The van der Waals surface area contributed by atoms with E-state index in [0.717, 1.165) is 25.7 Å². The van der Waals surface area contributed by atoms with Crippen LogP contribution < -0.4 is 5.73 Å². The third-order valence-electron chi connectivity index (χ3n) is 6.19. The highest BCUT2D eigenvalue weighted by atomic mass is 17.0. The number of nitrogens with zero attached hydrogens (tertiary/aromatic N) is 2. The molecule has 0 spiro atoms. The summed E-state index contributed by atoms with van der Waals surface area (Å²) in [7, 11) is 0. The number of nitrogens with two attached hydrogens (primary N) is 1. The molecule has 0 aromatic rings. The highest BCUT2D eigenvalue weighted by Gasteiger charge is 2.51. The first-order valence-corrected chi connectivity index (χ1v) is 9.43. The van der Waals surface area contributed by atoms with Gasteiger partial charge in [0.15, 0.2) is 0 Å². The van der Waals surface area contributed by atoms with E-state index < -0.39 is 28.3 Å². The first kappa shape index (κ1) is 21.4. The van der Waals surface area contributed by atoms with Gasteiger partial charge in [0.1, 0.15) is 12.7 Å². The minimum absolute atomic E-state index is 0.0584. The third-order valence-corrected chi connectivity index (χ3v) is 6.19. The fourth-order valence-corrected chi connectivity index (χ4v) is 5.92. The molecule has 9 nitrogen and oxygen atoms in total. The van der Waals surface area contributed by atoms with E-state index in [1.807, 2.05) is 6.92 Å². The van der Waals surface area contributed by atoms with Crippen LogP contribution in [0.1, 0.15) is 59.8 Å². The Morgan fingerprint density at radius 1 is 1.19 bits per heavy atom. The molecule has 27 heavy (non-hydrogen) atoms. The Balaban J connectivity index is 2.38. The molecule has 2 aliphatic rings. The van der Waals surface area contributed by atoms with Gasteiger partial charge in [0, 0.05) is 0 Å². The van der Waals surface area contributed by atoms with Crippen molar-refractivity contribution < 1.29 is 19.8 Å². The summed E-state index contributed by atoms with van der Waals surface area (Å²) in [4.78, 5) is 30.9. The quantitative estimate of drug-likeness (QED) is 0.366. The van der Waals surface area contributed by atoms with Crippen LogP contribution in [-0.4, -0.2) is 29.4 Å². The van der Waals surface area contributed by atoms with Crippen LogP contribution in [-0.2, 0) is 9.68 Å². The summed E-state index contributed by atoms with van der Waals surface area (Å²) in [5, 5.41) is 19.8. The van der Waals surface area contributed by atoms with Crippen molar-refractivity contribution in [3.8, 4) is 0 Å². The van der Waals surface area contributed by atoms with E-state index in [1.54, 1.807) is 0 Å². The van der Waals surface area contributed by atoms with Crippen molar-refractivity contribution in [1.82, 2.24) is 0 Å². The van der Waals surface area contributed by atoms with Gasteiger partial charge >= 0.3 is 0 Å². The van der Waals surface area contributed by atoms with Gasteiger partial charge in [0.25, 0.3) is 10.2 Å². The van der Waals surface area contributed by atoms with Crippen molar-refractivity contribution in [2.75, 3.05) is 13.2 Å². The highest BCUT2D eigenvalue weighted by Crippen LogP contribution is 2.59. The molecule has 0 amide bonds. The Hall–Kier alpha value is -1.90. The Bertz CT molecular complexity index is 622. The molecular weight excluding hydrogens is 354 g/mol. The molecule has 0 saturated heterocycles. The molecule has 4 atom stereocenters. The fraction of sp³-hybridized carbons (Fsp3) is 0.889. The van der Waals surface area contributed by atoms with Crippen LogP contribution in [0.5, 0.6) is 0 Å². The number of fused-ring (bicyclic) bond motifs is 2. The zero-order valence-corrected chi connectivity index (χ0v) is 16.6. The topological polar surface area (TPSA) is 131 Å². The molecule has 154 valence electrons. The standard InChI is InChI=1S/C18H31N3O6/c1-5-14(15(27-21(24)25)9-26-20(22)23)17(4)7-13-6-16(2,3)10-18(8-13,11-17)12-19/h7,14-15H,5-6,8-12,19H2,1-4H3. The first-order valence-electron chi connectivity index (χ1n) is 9.43. The van der Waals surface area contributed by atoms with Crippen molar-refractivity contribution >= 4 is 0 Å². The molecular formula is C18H31N3O6. The van der Waals surface area contributed by atoms with Crippen LogP contribution >= 0.6 is 0 Å². The summed E-state index contributed by atoms with van der Waals surface area (Å²) in [6.07, 6.45) is 5.46. The molecule has 9 heteroatoms. The van der Waals surface area contributed by atoms with E-state index in [1.165, 1.54) is 5.57 Å². The summed E-state index contributed by atoms with van der Waals surface area (Å²) in [5.41, 5.74) is 7.22. The second-order valence-electron chi connectivity index (χ2n) is 9.29. The molecule has 0 radical (unpaired) electrons. The van der Waals surface area contributed by atoms with Crippen molar-refractivity contribution in [2.45, 2.75) is 65.9 Å². The van der Waals surface area contributed by atoms with Crippen LogP contribution in [0.15, 0.2) is 11.6 Å². The smallest absolute Gasteiger partial charge is 0.294 e. The Morgan fingerprint density at radius 3 is 2.37 bits per heavy atom. The van der Waals surface area contributed by atoms with Gasteiger partial charge in [-0.05, 0) is 54.4 Å². The van der Waals surface area contributed by atoms with Gasteiger partial charge < -0.3 is 15.4 Å². The fourth-order valence-electron chi connectivity index (χ4n) is 5.92. The lowest BCUT2D eigenvalue weighted by Gasteiger charge is -2.55. The summed E-state index contributed by atoms with van der Waals surface area (Å²) in [5.74, 6) is -0.301. The predicted molar refractivity (Wildman–Crippen MR) is 98.5 cm³/mol. The summed E-state index contributed by atoms with van der Waals surface area (Å²) >= 11 is 0. The SMILES string of the molecule is CCC(C(CO[N+](=O)[O-])O[N+](=O)[O-])C1(C)C=C2CC(C)(C)CC(CN)(C2)C1. The summed E-state index contributed by atoms with van der Waals surface area (Å²) < 4.78 is 0. The number of hydrogen-bond donors (Lipinski definition) is 1. The molecule has 2 rings (SSSR count). The molecule has 0 aromatic heterocycles. The van der Waals surface area contributed by atoms with Crippen LogP contribution in [0.3, 0.4) is 0 Å². The normalized spacial score (nSPS) is 31.4. The van der Waals surface area contributed by atoms with E-state index in [9.17, 15) is 20.2 Å². The van der Waals surface area contributed by atoms with Gasteiger partial charge in [-0.2, -0.15) is 0 Å². The average molecular weight is 385 g/mol. The molecule has 1 saturated carbocycles. The van der Waals surface area contributed by atoms with E-state index in [-0.39, 0.29) is 16.7 Å². The number of rotatable bonds is 9. The van der Waals surface area contributed by atoms with Crippen molar-refractivity contribution in [3.05, 3.63) is 31.9 Å². The minimum atomic E-state index is -1.01. The maximum Gasteiger partial charge on any atom is 0.294 e. The molecule has 2 bridgehead atoms. The van der Waals surface area contributed by atoms with Gasteiger partial charge in [-0.25, -0.2) is 0 Å². The van der Waals surface area contributed by atoms with Gasteiger partial charge in [-0.3, -0.25) is 0 Å². The lowest BCUT2D eigenvalue weighted by Crippen LogP contribution is -2.50. The number of hydrogen-bond acceptors (Lipinski definition) is 7. The molecule has 1 fully saturated rings. The minimum Gasteiger partial charge on any atom is -0.330 e. The third kappa shape index (κ3) is 4.88. The monoisotopic (exact) mass is 385 g/mol. The van der Waals surface area contributed by atoms with Crippen molar-refractivity contribution in [2.24, 2.45) is 27.9 Å². The molecule has 0 heterocycles. The lowest BCUT2D eigenvalue weighted by molar-refractivity contribution is -0.792. The lowest BCUT2D eigenvalue weighted by atomic mass is 9.50. The highest BCUT2D eigenvalue weighted by molar-refractivity contribution is 5.24. The Labute approximate surface area is 159 Å². The van der Waals surface area contributed by atoms with Gasteiger partial charge in [-0.15, -0.1) is 20.2 Å². The zero-order chi connectivity index (χ0) is 20.5. The van der Waals surface area contributed by atoms with Gasteiger partial charge in [0.05, 0.1) is 0 Å². The largest absolute Gasteiger partial charge is 0.330 e. The Kier molecular flexibility index (Phi) is 6.03. The van der Waals surface area contributed by atoms with Crippen LogP contribution in [0, 0.1) is 42.4 Å². The molecule has 4 unspecified atom stereocenters. The second-order valence-corrected chi connectivity index (χ2v) is 9.29. The first-order chi connectivity index (χ1) is 12.4. The predicted octanol–water partition coefficient (Wildman–Crippen LogP) is 3.29. The summed E-state index contributed by atoms with van der Waals surface area (Å²) in [6.45, 7) is 8.55. The van der Waals surface area contributed by atoms with Crippen molar-refractivity contribution in [1.29, 1.82) is 0 Å². The van der Waals surface area contributed by atoms with Crippen molar-refractivity contribution in [3.63, 3.8) is 0 Å². The van der Waals surface area contributed by atoms with E-state index in [4.69, 9.17) is 10.6 Å². The second kappa shape index (κ2) is 7.61. The van der Waals surface area contributed by atoms with E-state index in [0.29, 0.717) is 13.0 Å². The van der Waals surface area contributed by atoms with Gasteiger partial charge in [0.2, 0.25) is 0 Å². The molecule has 0 aliphatic heterocycles. The zero-order valence-electron chi connectivity index (χ0n) is 16.6. The number of allylic oxidation sites excluding steroid dienone is 2. The maximum atomic E-state index is 11.0. The maximum absolute atomic E-state index is 11.0. The van der Waals surface area contributed by atoms with E-state index in [2.05, 4.69) is 31.7 Å². The molecule has 0 aromatic carbocycles. The molecule has 2 aliphatic carbocycles. The summed E-state index contributed by atoms with van der Waals surface area (Å²) in [6, 6.07) is 0. The van der Waals surface area contributed by atoms with Crippen LogP contribution in [0.2, 0.25) is 0 Å². The van der Waals surface area contributed by atoms with E-state index >= 15 is 0 Å².